The number of anilines is 2. The van der Waals surface area contributed by atoms with Crippen molar-refractivity contribution in [3.63, 3.8) is 0 Å². The SMILES string of the molecule is Cc1ccc(C(=O)CCC(=O)Nc2ccc(C(=O)N3CCc4ccccc43)cc2)cc1C. The number of rotatable bonds is 6. The lowest BCUT2D eigenvalue weighted by molar-refractivity contribution is -0.116. The normalized spacial score (nSPS) is 12.4. The van der Waals surface area contributed by atoms with Crippen molar-refractivity contribution in [2.45, 2.75) is 33.1 Å². The van der Waals surface area contributed by atoms with Gasteiger partial charge in [0.1, 0.15) is 0 Å². The van der Waals surface area contributed by atoms with Crippen molar-refractivity contribution in [2.24, 2.45) is 0 Å². The molecule has 0 saturated carbocycles. The van der Waals surface area contributed by atoms with Crippen LogP contribution in [-0.4, -0.2) is 24.1 Å². The molecule has 0 saturated heterocycles. The first-order valence-electron chi connectivity index (χ1n) is 10.8. The third-order valence-corrected chi connectivity index (χ3v) is 5.96. The van der Waals surface area contributed by atoms with Crippen molar-refractivity contribution >= 4 is 29.0 Å². The Hall–Kier alpha value is -3.73. The molecular formula is C27H26N2O3. The van der Waals surface area contributed by atoms with Gasteiger partial charge >= 0.3 is 0 Å². The molecule has 0 unspecified atom stereocenters. The van der Waals surface area contributed by atoms with Crippen molar-refractivity contribution in [1.82, 2.24) is 0 Å². The Balaban J connectivity index is 1.32. The fourth-order valence-corrected chi connectivity index (χ4v) is 3.91. The second kappa shape index (κ2) is 9.18. The van der Waals surface area contributed by atoms with E-state index in [1.165, 1.54) is 5.56 Å². The number of fused-ring (bicyclic) bond motifs is 1. The summed E-state index contributed by atoms with van der Waals surface area (Å²) in [5, 5.41) is 2.80. The van der Waals surface area contributed by atoms with Crippen molar-refractivity contribution in [3.05, 3.63) is 94.5 Å². The van der Waals surface area contributed by atoms with E-state index < -0.39 is 0 Å². The van der Waals surface area contributed by atoms with E-state index in [4.69, 9.17) is 0 Å². The summed E-state index contributed by atoms with van der Waals surface area (Å²) >= 11 is 0. The zero-order valence-corrected chi connectivity index (χ0v) is 18.4. The number of amides is 2. The molecule has 1 aliphatic rings. The number of para-hydroxylation sites is 1. The number of Topliss-reactive ketones (excluding diaryl/α,β-unsaturated/α-hetero) is 1. The number of carbonyl (C=O) groups is 3. The van der Waals surface area contributed by atoms with Crippen LogP contribution < -0.4 is 10.2 Å². The zero-order valence-electron chi connectivity index (χ0n) is 18.4. The Morgan fingerprint density at radius 1 is 0.844 bits per heavy atom. The molecule has 3 aromatic carbocycles. The monoisotopic (exact) mass is 426 g/mol. The number of aryl methyl sites for hydroxylation is 2. The van der Waals surface area contributed by atoms with Gasteiger partial charge in [-0.2, -0.15) is 0 Å². The average Bonchev–Trinajstić information content (AvgIpc) is 3.23. The van der Waals surface area contributed by atoms with Gasteiger partial charge in [0.05, 0.1) is 0 Å². The highest BCUT2D eigenvalue weighted by molar-refractivity contribution is 6.07. The molecule has 0 aromatic heterocycles. The first-order valence-corrected chi connectivity index (χ1v) is 10.8. The van der Waals surface area contributed by atoms with E-state index in [1.54, 1.807) is 35.2 Å². The van der Waals surface area contributed by atoms with Crippen LogP contribution in [0, 0.1) is 13.8 Å². The van der Waals surface area contributed by atoms with E-state index in [-0.39, 0.29) is 30.4 Å². The topological polar surface area (TPSA) is 66.5 Å². The van der Waals surface area contributed by atoms with E-state index in [9.17, 15) is 14.4 Å². The van der Waals surface area contributed by atoms with Crippen LogP contribution in [0.3, 0.4) is 0 Å². The molecule has 0 aliphatic carbocycles. The molecule has 2 amide bonds. The van der Waals surface area contributed by atoms with Gasteiger partial charge in [0.2, 0.25) is 5.91 Å². The molecule has 0 radical (unpaired) electrons. The van der Waals surface area contributed by atoms with E-state index in [0.717, 1.165) is 23.2 Å². The Bertz CT molecular complexity index is 1180. The molecule has 3 aromatic rings. The van der Waals surface area contributed by atoms with Crippen LogP contribution in [0.4, 0.5) is 11.4 Å². The lowest BCUT2D eigenvalue weighted by atomic mass is 10.0. The molecule has 0 fully saturated rings. The highest BCUT2D eigenvalue weighted by Gasteiger charge is 2.25. The Morgan fingerprint density at radius 2 is 1.56 bits per heavy atom. The van der Waals surface area contributed by atoms with Crippen LogP contribution in [0.15, 0.2) is 66.7 Å². The summed E-state index contributed by atoms with van der Waals surface area (Å²) in [6.07, 6.45) is 1.12. The minimum atomic E-state index is -0.227. The molecule has 1 heterocycles. The lowest BCUT2D eigenvalue weighted by Gasteiger charge is -2.17. The van der Waals surface area contributed by atoms with Crippen molar-refractivity contribution in [2.75, 3.05) is 16.8 Å². The summed E-state index contributed by atoms with van der Waals surface area (Å²) in [6, 6.07) is 20.4. The molecule has 1 aliphatic heterocycles. The number of ketones is 1. The maximum Gasteiger partial charge on any atom is 0.258 e. The standard InChI is InChI=1S/C27H26N2O3/c1-18-7-8-22(17-19(18)2)25(30)13-14-26(31)28-23-11-9-21(10-12-23)27(32)29-16-15-20-5-3-4-6-24(20)29/h3-12,17H,13-16H2,1-2H3,(H,28,31). The van der Waals surface area contributed by atoms with E-state index >= 15 is 0 Å². The summed E-state index contributed by atoms with van der Waals surface area (Å²) in [5.74, 6) is -0.323. The van der Waals surface area contributed by atoms with Gasteiger partial charge in [-0.05, 0) is 73.4 Å². The zero-order chi connectivity index (χ0) is 22.7. The Kier molecular flexibility index (Phi) is 6.17. The maximum atomic E-state index is 12.9. The van der Waals surface area contributed by atoms with E-state index in [2.05, 4.69) is 5.32 Å². The van der Waals surface area contributed by atoms with Crippen LogP contribution in [0.5, 0.6) is 0 Å². The van der Waals surface area contributed by atoms with Crippen LogP contribution in [0.2, 0.25) is 0 Å². The number of carbonyl (C=O) groups excluding carboxylic acids is 3. The minimum absolute atomic E-state index is 0.0462. The summed E-state index contributed by atoms with van der Waals surface area (Å²) in [4.78, 5) is 39.4. The first-order chi connectivity index (χ1) is 15.4. The predicted octanol–water partition coefficient (Wildman–Crippen LogP) is 5.11. The molecule has 0 bridgehead atoms. The number of nitrogens with zero attached hydrogens (tertiary/aromatic N) is 1. The number of benzene rings is 3. The first kappa shape index (κ1) is 21.5. The summed E-state index contributed by atoms with van der Waals surface area (Å²) in [7, 11) is 0. The Labute approximate surface area is 188 Å². The summed E-state index contributed by atoms with van der Waals surface area (Å²) < 4.78 is 0. The fourth-order valence-electron chi connectivity index (χ4n) is 3.91. The van der Waals surface area contributed by atoms with Gasteiger partial charge in [0.15, 0.2) is 5.78 Å². The van der Waals surface area contributed by atoms with Crippen LogP contribution in [0.1, 0.15) is 50.2 Å². The quantitative estimate of drug-likeness (QED) is 0.557. The maximum absolute atomic E-state index is 12.9. The molecular weight excluding hydrogens is 400 g/mol. The Morgan fingerprint density at radius 3 is 2.31 bits per heavy atom. The van der Waals surface area contributed by atoms with Gasteiger partial charge in [-0.1, -0.05) is 30.3 Å². The molecule has 5 heteroatoms. The highest BCUT2D eigenvalue weighted by Crippen LogP contribution is 2.29. The van der Waals surface area contributed by atoms with Crippen molar-refractivity contribution in [3.8, 4) is 0 Å². The van der Waals surface area contributed by atoms with Gasteiger partial charge in [0.25, 0.3) is 5.91 Å². The van der Waals surface area contributed by atoms with Crippen LogP contribution >= 0.6 is 0 Å². The predicted molar refractivity (Wildman–Crippen MR) is 126 cm³/mol. The molecule has 1 N–H and O–H groups in total. The van der Waals surface area contributed by atoms with E-state index in [0.29, 0.717) is 23.4 Å². The number of nitrogens with one attached hydrogen (secondary N) is 1. The summed E-state index contributed by atoms with van der Waals surface area (Å²) in [5.41, 5.74) is 6.15. The average molecular weight is 427 g/mol. The largest absolute Gasteiger partial charge is 0.326 e. The molecule has 5 nitrogen and oxygen atoms in total. The van der Waals surface area contributed by atoms with Crippen molar-refractivity contribution in [1.29, 1.82) is 0 Å². The van der Waals surface area contributed by atoms with Gasteiger partial charge < -0.3 is 10.2 Å². The lowest BCUT2D eigenvalue weighted by Crippen LogP contribution is -2.28. The molecule has 0 spiro atoms. The van der Waals surface area contributed by atoms with Gasteiger partial charge in [-0.3, -0.25) is 14.4 Å². The third kappa shape index (κ3) is 4.62. The fraction of sp³-hybridized carbons (Fsp3) is 0.222. The van der Waals surface area contributed by atoms with Gasteiger partial charge in [-0.15, -0.1) is 0 Å². The van der Waals surface area contributed by atoms with Gasteiger partial charge in [-0.25, -0.2) is 0 Å². The van der Waals surface area contributed by atoms with Gasteiger partial charge in [0, 0.05) is 41.9 Å². The van der Waals surface area contributed by atoms with E-state index in [1.807, 2.05) is 50.2 Å². The summed E-state index contributed by atoms with van der Waals surface area (Å²) in [6.45, 7) is 4.64. The minimum Gasteiger partial charge on any atom is -0.326 e. The van der Waals surface area contributed by atoms with Crippen molar-refractivity contribution < 1.29 is 14.4 Å². The smallest absolute Gasteiger partial charge is 0.258 e. The second-order valence-corrected chi connectivity index (χ2v) is 8.18. The molecule has 162 valence electrons. The molecule has 4 rings (SSSR count). The second-order valence-electron chi connectivity index (χ2n) is 8.18. The molecule has 0 atom stereocenters. The van der Waals surface area contributed by atoms with Crippen LogP contribution in [-0.2, 0) is 11.2 Å². The third-order valence-electron chi connectivity index (χ3n) is 5.96. The number of hydrogen-bond donors (Lipinski definition) is 1. The molecule has 32 heavy (non-hydrogen) atoms. The number of hydrogen-bond acceptors (Lipinski definition) is 3. The van der Waals surface area contributed by atoms with Crippen LogP contribution in [0.25, 0.3) is 0 Å². The highest BCUT2D eigenvalue weighted by atomic mass is 16.2.